The number of amides is 3. The summed E-state index contributed by atoms with van der Waals surface area (Å²) in [6, 6.07) is 15.3. The second kappa shape index (κ2) is 12.4. The maximum Gasteiger partial charge on any atom is 0.409 e. The first-order valence-electron chi connectivity index (χ1n) is 14.7. The van der Waals surface area contributed by atoms with Gasteiger partial charge in [0, 0.05) is 31.4 Å². The van der Waals surface area contributed by atoms with Crippen LogP contribution in [0.1, 0.15) is 61.9 Å². The fourth-order valence-corrected chi connectivity index (χ4v) is 7.27. The fraction of sp³-hybridized carbons (Fsp3) is 0.455. The molecule has 1 saturated heterocycles. The Hall–Kier alpha value is -3.92. The third-order valence-electron chi connectivity index (χ3n) is 8.16. The van der Waals surface area contributed by atoms with Gasteiger partial charge in [0.1, 0.15) is 17.7 Å². The molecular weight excluding hydrogens is 564 g/mol. The van der Waals surface area contributed by atoms with Crippen molar-refractivity contribution in [2.45, 2.75) is 59.2 Å². The predicted octanol–water partition coefficient (Wildman–Crippen LogP) is 6.29. The van der Waals surface area contributed by atoms with Crippen LogP contribution in [0.25, 0.3) is 11.1 Å². The second-order valence-electron chi connectivity index (χ2n) is 12.8. The van der Waals surface area contributed by atoms with Gasteiger partial charge in [-0.05, 0) is 40.0 Å². The molecule has 1 aromatic heterocycles. The number of hydrogen-bond acceptors (Lipinski definition) is 6. The number of rotatable bonds is 10. The van der Waals surface area contributed by atoms with Crippen molar-refractivity contribution in [3.8, 4) is 11.1 Å². The van der Waals surface area contributed by atoms with Crippen LogP contribution >= 0.6 is 11.3 Å². The lowest BCUT2D eigenvalue weighted by molar-refractivity contribution is -0.144. The molecule has 3 aromatic rings. The van der Waals surface area contributed by atoms with Crippen LogP contribution in [-0.2, 0) is 22.6 Å². The number of benzene rings is 2. The average Bonchev–Trinajstić information content (AvgIpc) is 3.63. The summed E-state index contributed by atoms with van der Waals surface area (Å²) in [6.45, 7) is 9.76. The van der Waals surface area contributed by atoms with Gasteiger partial charge < -0.3 is 24.5 Å². The smallest absolute Gasteiger partial charge is 0.409 e. The summed E-state index contributed by atoms with van der Waals surface area (Å²) in [5.41, 5.74) is 5.36. The van der Waals surface area contributed by atoms with E-state index in [9.17, 15) is 19.5 Å². The normalized spacial score (nSPS) is 16.2. The minimum absolute atomic E-state index is 0.00838. The van der Waals surface area contributed by atoms with E-state index in [1.54, 1.807) is 11.9 Å². The molecule has 9 nitrogen and oxygen atoms in total. The van der Waals surface area contributed by atoms with E-state index in [-0.39, 0.29) is 36.4 Å². The molecule has 1 aliphatic carbocycles. The molecule has 0 radical (unpaired) electrons. The summed E-state index contributed by atoms with van der Waals surface area (Å²) in [4.78, 5) is 47.6. The van der Waals surface area contributed by atoms with Crippen molar-refractivity contribution in [3.63, 3.8) is 0 Å². The monoisotopic (exact) mass is 604 g/mol. The highest BCUT2D eigenvalue weighted by molar-refractivity contribution is 7.09. The third kappa shape index (κ3) is 6.69. The van der Waals surface area contributed by atoms with Gasteiger partial charge in [0.25, 0.3) is 0 Å². The second-order valence-corrected chi connectivity index (χ2v) is 13.8. The summed E-state index contributed by atoms with van der Waals surface area (Å²) in [5, 5.41) is 12.6. The quantitative estimate of drug-likeness (QED) is 0.292. The molecule has 228 valence electrons. The molecule has 1 N–H and O–H groups in total. The number of aromatic nitrogens is 1. The van der Waals surface area contributed by atoms with E-state index < -0.39 is 18.1 Å². The molecule has 1 aliphatic heterocycles. The van der Waals surface area contributed by atoms with Crippen molar-refractivity contribution in [1.82, 2.24) is 19.7 Å². The summed E-state index contributed by atoms with van der Waals surface area (Å²) in [7, 11) is 1.69. The highest BCUT2D eigenvalue weighted by Gasteiger charge is 2.41. The molecule has 2 heterocycles. The van der Waals surface area contributed by atoms with E-state index in [2.05, 4.69) is 50.0 Å². The Morgan fingerprint density at radius 3 is 2.33 bits per heavy atom. The van der Waals surface area contributed by atoms with Crippen LogP contribution in [0.15, 0.2) is 53.9 Å². The largest absolute Gasteiger partial charge is 0.480 e. The number of carbonyl (C=O) groups is 3. The van der Waals surface area contributed by atoms with Crippen LogP contribution in [0, 0.1) is 11.3 Å². The molecule has 0 bridgehead atoms. The molecule has 0 spiro atoms. The molecule has 3 amide bonds. The number of carbonyl (C=O) groups excluding carboxylic acids is 2. The summed E-state index contributed by atoms with van der Waals surface area (Å²) >= 11 is 1.42. The maximum atomic E-state index is 13.2. The minimum Gasteiger partial charge on any atom is -0.480 e. The molecular formula is C33H40N4O5S. The third-order valence-corrected chi connectivity index (χ3v) is 9.04. The van der Waals surface area contributed by atoms with E-state index in [0.717, 1.165) is 16.1 Å². The Labute approximate surface area is 257 Å². The SMILES string of the molecule is CC(CC(C)(C)C)[C@@H](C(=O)O)N1CCN(Cc2csc(CN(C)C(=O)OCC3c4ccccc4-c4ccccc43)n2)C1=O. The lowest BCUT2D eigenvalue weighted by atomic mass is 9.82. The van der Waals surface area contributed by atoms with Crippen LogP contribution in [0.3, 0.4) is 0 Å². The Bertz CT molecular complexity index is 1450. The van der Waals surface area contributed by atoms with Gasteiger partial charge in [-0.15, -0.1) is 11.3 Å². The van der Waals surface area contributed by atoms with Crippen molar-refractivity contribution in [3.05, 3.63) is 75.7 Å². The average molecular weight is 605 g/mol. The number of aliphatic carboxylic acids is 1. The van der Waals surface area contributed by atoms with Crippen molar-refractivity contribution >= 4 is 29.4 Å². The highest BCUT2D eigenvalue weighted by atomic mass is 32.1. The van der Waals surface area contributed by atoms with Crippen molar-refractivity contribution in [2.75, 3.05) is 26.7 Å². The Morgan fingerprint density at radius 2 is 1.72 bits per heavy atom. The van der Waals surface area contributed by atoms with Gasteiger partial charge in [-0.1, -0.05) is 76.2 Å². The number of hydrogen-bond donors (Lipinski definition) is 1. The zero-order chi connectivity index (χ0) is 30.9. The van der Waals surface area contributed by atoms with Crippen LogP contribution < -0.4 is 0 Å². The maximum absolute atomic E-state index is 13.2. The van der Waals surface area contributed by atoms with Gasteiger partial charge in [-0.3, -0.25) is 0 Å². The number of nitrogens with zero attached hydrogens (tertiary/aromatic N) is 4. The number of urea groups is 1. The molecule has 2 aromatic carbocycles. The zero-order valence-electron chi connectivity index (χ0n) is 25.4. The van der Waals surface area contributed by atoms with E-state index in [1.165, 1.54) is 32.3 Å². The Kier molecular flexibility index (Phi) is 8.78. The first kappa shape index (κ1) is 30.5. The molecule has 5 rings (SSSR count). The number of carboxylic acids is 1. The number of ether oxygens (including phenoxy) is 1. The van der Waals surface area contributed by atoms with Crippen molar-refractivity contribution < 1.29 is 24.2 Å². The van der Waals surface area contributed by atoms with Gasteiger partial charge >= 0.3 is 18.1 Å². The molecule has 1 fully saturated rings. The van der Waals surface area contributed by atoms with Gasteiger partial charge in [0.15, 0.2) is 0 Å². The van der Waals surface area contributed by atoms with E-state index in [4.69, 9.17) is 4.74 Å². The highest BCUT2D eigenvalue weighted by Crippen LogP contribution is 2.44. The number of fused-ring (bicyclic) bond motifs is 3. The molecule has 0 saturated carbocycles. The van der Waals surface area contributed by atoms with E-state index in [1.807, 2.05) is 36.6 Å². The summed E-state index contributed by atoms with van der Waals surface area (Å²) < 4.78 is 5.76. The fourth-order valence-electron chi connectivity index (χ4n) is 6.43. The molecule has 2 atom stereocenters. The Balaban J connectivity index is 1.15. The van der Waals surface area contributed by atoms with Gasteiger partial charge in [0.05, 0.1) is 18.8 Å². The summed E-state index contributed by atoms with van der Waals surface area (Å²) in [5.74, 6) is -1.16. The van der Waals surface area contributed by atoms with Gasteiger partial charge in [-0.25, -0.2) is 19.4 Å². The van der Waals surface area contributed by atoms with Gasteiger partial charge in [-0.2, -0.15) is 0 Å². The lowest BCUT2D eigenvalue weighted by Gasteiger charge is -2.32. The van der Waals surface area contributed by atoms with Crippen LogP contribution in [-0.4, -0.2) is 75.7 Å². The molecule has 43 heavy (non-hydrogen) atoms. The minimum atomic E-state index is -0.973. The topological polar surface area (TPSA) is 103 Å². The number of thiazole rings is 1. The first-order chi connectivity index (χ1) is 20.4. The molecule has 1 unspecified atom stereocenters. The Morgan fingerprint density at radius 1 is 1.09 bits per heavy atom. The van der Waals surface area contributed by atoms with Crippen molar-refractivity contribution in [1.29, 1.82) is 0 Å². The number of carboxylic acid groups (broad SMARTS) is 1. The standard InChI is InChI=1S/C33H40N4O5S/c1-21(16-33(2,3)4)29(30(38)39)37-15-14-36(31(37)40)17-22-20-43-28(34-22)18-35(5)32(41)42-19-27-25-12-8-6-10-23(25)24-11-7-9-13-26(24)27/h6-13,20-21,27,29H,14-19H2,1-5H3,(H,38,39)/t21?,29-/m0/s1. The van der Waals surface area contributed by atoms with Crippen LogP contribution in [0.5, 0.6) is 0 Å². The van der Waals surface area contributed by atoms with E-state index >= 15 is 0 Å². The molecule has 2 aliphatic rings. The molecule has 10 heteroatoms. The van der Waals surface area contributed by atoms with E-state index in [0.29, 0.717) is 31.7 Å². The summed E-state index contributed by atoms with van der Waals surface area (Å²) in [6.07, 6.45) is 0.272. The van der Waals surface area contributed by atoms with Gasteiger partial charge in [0.2, 0.25) is 0 Å². The predicted molar refractivity (Wildman–Crippen MR) is 166 cm³/mol. The van der Waals surface area contributed by atoms with Crippen molar-refractivity contribution in [2.24, 2.45) is 11.3 Å². The van der Waals surface area contributed by atoms with Crippen LogP contribution in [0.4, 0.5) is 9.59 Å². The zero-order valence-corrected chi connectivity index (χ0v) is 26.3. The first-order valence-corrected chi connectivity index (χ1v) is 15.6. The lowest BCUT2D eigenvalue weighted by Crippen LogP contribution is -2.48. The van der Waals surface area contributed by atoms with Crippen LogP contribution in [0.2, 0.25) is 0 Å².